The van der Waals surface area contributed by atoms with E-state index in [4.69, 9.17) is 0 Å². The molecule has 1 rings (SSSR count). The van der Waals surface area contributed by atoms with E-state index in [1.54, 1.807) is 0 Å². The molecule has 102 valence electrons. The van der Waals surface area contributed by atoms with Gasteiger partial charge in [-0.3, -0.25) is 4.90 Å². The molecule has 1 saturated heterocycles. The third kappa shape index (κ3) is 7.74. The number of unbranched alkanes of at least 4 members (excludes halogenated alkanes) is 1. The van der Waals surface area contributed by atoms with E-state index in [1.807, 2.05) is 0 Å². The van der Waals surface area contributed by atoms with Crippen LogP contribution in [0.5, 0.6) is 0 Å². The van der Waals surface area contributed by atoms with Crippen molar-refractivity contribution in [2.45, 2.75) is 33.1 Å². The van der Waals surface area contributed by atoms with Crippen molar-refractivity contribution in [3.8, 4) is 0 Å². The normalized spacial score (nSPS) is 19.1. The molecule has 0 radical (unpaired) electrons. The second kappa shape index (κ2) is 8.90. The lowest BCUT2D eigenvalue weighted by Crippen LogP contribution is -2.46. The average molecular weight is 241 g/mol. The fourth-order valence-electron chi connectivity index (χ4n) is 2.24. The van der Waals surface area contributed by atoms with Crippen molar-refractivity contribution in [1.82, 2.24) is 15.1 Å². The van der Waals surface area contributed by atoms with Crippen LogP contribution in [0.3, 0.4) is 0 Å². The molecule has 0 spiro atoms. The Kier molecular flexibility index (Phi) is 7.82. The van der Waals surface area contributed by atoms with E-state index in [2.05, 4.69) is 36.0 Å². The lowest BCUT2D eigenvalue weighted by molar-refractivity contribution is 0.155. The van der Waals surface area contributed by atoms with E-state index in [1.165, 1.54) is 58.5 Å². The molecule has 1 N–H and O–H groups in total. The summed E-state index contributed by atoms with van der Waals surface area (Å²) >= 11 is 0. The van der Waals surface area contributed by atoms with Crippen LogP contribution in [0.25, 0.3) is 0 Å². The number of hydrogen-bond acceptors (Lipinski definition) is 3. The number of nitrogens with zero attached hydrogens (tertiary/aromatic N) is 2. The SMILES string of the molecule is CC(C)CCCCNCCN1CCN(C)CC1. The Morgan fingerprint density at radius 1 is 1.00 bits per heavy atom. The minimum absolute atomic E-state index is 0.861. The highest BCUT2D eigenvalue weighted by Crippen LogP contribution is 2.05. The molecule has 1 heterocycles. The van der Waals surface area contributed by atoms with Gasteiger partial charge in [-0.05, 0) is 25.9 Å². The number of likely N-dealkylation sites (N-methyl/N-ethyl adjacent to an activating group) is 1. The van der Waals surface area contributed by atoms with E-state index in [0.717, 1.165) is 12.5 Å². The van der Waals surface area contributed by atoms with Gasteiger partial charge in [0.25, 0.3) is 0 Å². The smallest absolute Gasteiger partial charge is 0.0110 e. The first-order valence-corrected chi connectivity index (χ1v) is 7.30. The Bertz CT molecular complexity index is 174. The van der Waals surface area contributed by atoms with Crippen molar-refractivity contribution in [2.75, 3.05) is 52.9 Å². The van der Waals surface area contributed by atoms with Crippen LogP contribution in [0.2, 0.25) is 0 Å². The molecule has 17 heavy (non-hydrogen) atoms. The number of hydrogen-bond donors (Lipinski definition) is 1. The van der Waals surface area contributed by atoms with Gasteiger partial charge in [-0.1, -0.05) is 26.7 Å². The van der Waals surface area contributed by atoms with Crippen LogP contribution in [0, 0.1) is 5.92 Å². The maximum Gasteiger partial charge on any atom is 0.0110 e. The molecule has 0 aliphatic carbocycles. The standard InChI is InChI=1S/C14H31N3/c1-14(2)6-4-5-7-15-8-9-17-12-10-16(3)11-13-17/h14-15H,4-13H2,1-3H3. The van der Waals surface area contributed by atoms with E-state index in [0.29, 0.717) is 0 Å². The van der Waals surface area contributed by atoms with Gasteiger partial charge < -0.3 is 10.2 Å². The fourth-order valence-corrected chi connectivity index (χ4v) is 2.24. The van der Waals surface area contributed by atoms with E-state index < -0.39 is 0 Å². The van der Waals surface area contributed by atoms with Crippen LogP contribution >= 0.6 is 0 Å². The molecule has 0 aromatic carbocycles. The number of rotatable bonds is 8. The van der Waals surface area contributed by atoms with Gasteiger partial charge in [0, 0.05) is 39.3 Å². The Morgan fingerprint density at radius 3 is 2.35 bits per heavy atom. The molecular formula is C14H31N3. The van der Waals surface area contributed by atoms with Crippen LogP contribution in [-0.4, -0.2) is 62.7 Å². The van der Waals surface area contributed by atoms with Gasteiger partial charge in [0.2, 0.25) is 0 Å². The minimum Gasteiger partial charge on any atom is -0.315 e. The zero-order valence-corrected chi connectivity index (χ0v) is 12.0. The zero-order valence-electron chi connectivity index (χ0n) is 12.0. The molecule has 0 unspecified atom stereocenters. The summed E-state index contributed by atoms with van der Waals surface area (Å²) in [5.41, 5.74) is 0. The van der Waals surface area contributed by atoms with Crippen LogP contribution in [-0.2, 0) is 0 Å². The van der Waals surface area contributed by atoms with Crippen molar-refractivity contribution >= 4 is 0 Å². The Balaban J connectivity index is 1.84. The third-order valence-corrected chi connectivity index (χ3v) is 3.59. The predicted molar refractivity (Wildman–Crippen MR) is 75.5 cm³/mol. The topological polar surface area (TPSA) is 18.5 Å². The molecule has 0 atom stereocenters. The number of nitrogens with one attached hydrogen (secondary N) is 1. The molecule has 3 heteroatoms. The molecule has 0 aromatic rings. The maximum atomic E-state index is 3.56. The molecule has 3 nitrogen and oxygen atoms in total. The average Bonchev–Trinajstić information content (AvgIpc) is 2.30. The van der Waals surface area contributed by atoms with Crippen LogP contribution in [0.1, 0.15) is 33.1 Å². The van der Waals surface area contributed by atoms with E-state index in [-0.39, 0.29) is 0 Å². The molecule has 1 fully saturated rings. The van der Waals surface area contributed by atoms with E-state index >= 15 is 0 Å². The van der Waals surface area contributed by atoms with Gasteiger partial charge in [0.05, 0.1) is 0 Å². The van der Waals surface area contributed by atoms with Crippen molar-refractivity contribution in [3.63, 3.8) is 0 Å². The predicted octanol–water partition coefficient (Wildman–Crippen LogP) is 1.65. The van der Waals surface area contributed by atoms with Crippen molar-refractivity contribution < 1.29 is 0 Å². The summed E-state index contributed by atoms with van der Waals surface area (Å²) in [6.07, 6.45) is 4.08. The Morgan fingerprint density at radius 2 is 1.71 bits per heavy atom. The molecule has 0 amide bonds. The molecule has 0 aromatic heterocycles. The number of piperazine rings is 1. The van der Waals surface area contributed by atoms with Crippen LogP contribution in [0.15, 0.2) is 0 Å². The summed E-state index contributed by atoms with van der Waals surface area (Å²) < 4.78 is 0. The molecule has 1 aliphatic rings. The maximum absolute atomic E-state index is 3.56. The molecule has 1 aliphatic heterocycles. The van der Waals surface area contributed by atoms with Crippen molar-refractivity contribution in [3.05, 3.63) is 0 Å². The van der Waals surface area contributed by atoms with Gasteiger partial charge in [0.15, 0.2) is 0 Å². The van der Waals surface area contributed by atoms with Gasteiger partial charge >= 0.3 is 0 Å². The summed E-state index contributed by atoms with van der Waals surface area (Å²) in [5, 5.41) is 3.56. The fraction of sp³-hybridized carbons (Fsp3) is 1.00. The first-order valence-electron chi connectivity index (χ1n) is 7.30. The second-order valence-corrected chi connectivity index (χ2v) is 5.78. The van der Waals surface area contributed by atoms with Crippen molar-refractivity contribution in [1.29, 1.82) is 0 Å². The monoisotopic (exact) mass is 241 g/mol. The van der Waals surface area contributed by atoms with Crippen molar-refractivity contribution in [2.24, 2.45) is 5.92 Å². The minimum atomic E-state index is 0.861. The largest absolute Gasteiger partial charge is 0.315 e. The summed E-state index contributed by atoms with van der Waals surface area (Å²) in [6, 6.07) is 0. The Labute approximate surface area is 108 Å². The molecule has 0 bridgehead atoms. The quantitative estimate of drug-likeness (QED) is 0.652. The lowest BCUT2D eigenvalue weighted by atomic mass is 10.1. The highest BCUT2D eigenvalue weighted by atomic mass is 15.2. The van der Waals surface area contributed by atoms with Crippen LogP contribution in [0.4, 0.5) is 0 Å². The van der Waals surface area contributed by atoms with Gasteiger partial charge in [0.1, 0.15) is 0 Å². The summed E-state index contributed by atoms with van der Waals surface area (Å²) in [6.45, 7) is 13.1. The van der Waals surface area contributed by atoms with E-state index in [9.17, 15) is 0 Å². The zero-order chi connectivity index (χ0) is 12.5. The van der Waals surface area contributed by atoms with Gasteiger partial charge in [-0.2, -0.15) is 0 Å². The van der Waals surface area contributed by atoms with Crippen LogP contribution < -0.4 is 5.32 Å². The first kappa shape index (κ1) is 14.9. The molecular weight excluding hydrogens is 210 g/mol. The summed E-state index contributed by atoms with van der Waals surface area (Å²) in [4.78, 5) is 4.98. The highest BCUT2D eigenvalue weighted by molar-refractivity contribution is 4.69. The second-order valence-electron chi connectivity index (χ2n) is 5.78. The Hall–Kier alpha value is -0.120. The summed E-state index contributed by atoms with van der Waals surface area (Å²) in [7, 11) is 2.21. The van der Waals surface area contributed by atoms with Gasteiger partial charge in [-0.25, -0.2) is 0 Å². The highest BCUT2D eigenvalue weighted by Gasteiger charge is 2.12. The molecule has 0 saturated carbocycles. The lowest BCUT2D eigenvalue weighted by Gasteiger charge is -2.32. The third-order valence-electron chi connectivity index (χ3n) is 3.59. The van der Waals surface area contributed by atoms with Gasteiger partial charge in [-0.15, -0.1) is 0 Å². The first-order chi connectivity index (χ1) is 8.18. The summed E-state index contributed by atoms with van der Waals surface area (Å²) in [5.74, 6) is 0.861.